The zero-order chi connectivity index (χ0) is 16.8. The van der Waals surface area contributed by atoms with Gasteiger partial charge in [-0.1, -0.05) is 12.1 Å². The topological polar surface area (TPSA) is 58.1 Å². The third-order valence-electron chi connectivity index (χ3n) is 4.70. The van der Waals surface area contributed by atoms with Crippen molar-refractivity contribution in [3.05, 3.63) is 24.3 Å². The highest BCUT2D eigenvalue weighted by Crippen LogP contribution is 2.30. The second-order valence-corrected chi connectivity index (χ2v) is 6.34. The van der Waals surface area contributed by atoms with E-state index in [0.717, 1.165) is 62.9 Å². The van der Waals surface area contributed by atoms with Crippen LogP contribution in [0.25, 0.3) is 0 Å². The zero-order valence-corrected chi connectivity index (χ0v) is 17.4. The summed E-state index contributed by atoms with van der Waals surface area (Å²) in [5, 5.41) is 6.91. The lowest BCUT2D eigenvalue weighted by Gasteiger charge is -2.22. The molecule has 2 aliphatic rings. The van der Waals surface area contributed by atoms with E-state index in [1.807, 2.05) is 19.2 Å². The third-order valence-corrected chi connectivity index (χ3v) is 4.70. The van der Waals surface area contributed by atoms with Crippen molar-refractivity contribution in [1.82, 2.24) is 10.6 Å². The number of hydrogen-bond acceptors (Lipinski definition) is 4. The predicted octanol–water partition coefficient (Wildman–Crippen LogP) is 2.24. The quantitative estimate of drug-likeness (QED) is 0.401. The number of guanidine groups is 1. The summed E-state index contributed by atoms with van der Waals surface area (Å²) < 4.78 is 11.1. The molecule has 0 bridgehead atoms. The molecule has 1 aromatic carbocycles. The smallest absolute Gasteiger partial charge is 0.191 e. The first-order valence-corrected chi connectivity index (χ1v) is 8.77. The molecule has 25 heavy (non-hydrogen) atoms. The molecule has 3 rings (SSSR count). The second kappa shape index (κ2) is 10.1. The minimum absolute atomic E-state index is 0. The van der Waals surface area contributed by atoms with Gasteiger partial charge in [-0.3, -0.25) is 4.99 Å². The molecule has 2 heterocycles. The summed E-state index contributed by atoms with van der Waals surface area (Å²) in [5.74, 6) is 1.79. The SMILES string of the molecule is CN=C(NCC1CCCO1)NC1CCN(c2ccccc2OC)C1.I. The van der Waals surface area contributed by atoms with Crippen LogP contribution >= 0.6 is 24.0 Å². The van der Waals surface area contributed by atoms with Gasteiger partial charge in [-0.25, -0.2) is 0 Å². The molecule has 2 fully saturated rings. The van der Waals surface area contributed by atoms with Crippen molar-refractivity contribution < 1.29 is 9.47 Å². The van der Waals surface area contributed by atoms with Crippen LogP contribution in [-0.2, 0) is 4.74 Å². The summed E-state index contributed by atoms with van der Waals surface area (Å²) in [7, 11) is 3.54. The van der Waals surface area contributed by atoms with Crippen LogP contribution in [0.5, 0.6) is 5.75 Å². The van der Waals surface area contributed by atoms with E-state index in [1.54, 1.807) is 7.11 Å². The summed E-state index contributed by atoms with van der Waals surface area (Å²) in [6, 6.07) is 8.57. The predicted molar refractivity (Wildman–Crippen MR) is 112 cm³/mol. The Morgan fingerprint density at radius 1 is 1.36 bits per heavy atom. The number of anilines is 1. The summed E-state index contributed by atoms with van der Waals surface area (Å²) in [6.07, 6.45) is 3.69. The maximum atomic E-state index is 5.65. The van der Waals surface area contributed by atoms with Crippen molar-refractivity contribution >= 4 is 35.6 Å². The van der Waals surface area contributed by atoms with E-state index < -0.39 is 0 Å². The number of rotatable bonds is 5. The van der Waals surface area contributed by atoms with Crippen molar-refractivity contribution in [2.75, 3.05) is 45.3 Å². The number of nitrogens with one attached hydrogen (secondary N) is 2. The zero-order valence-electron chi connectivity index (χ0n) is 15.0. The lowest BCUT2D eigenvalue weighted by molar-refractivity contribution is 0.113. The summed E-state index contributed by atoms with van der Waals surface area (Å²) in [6.45, 7) is 3.67. The van der Waals surface area contributed by atoms with Crippen LogP contribution in [0.2, 0.25) is 0 Å². The molecule has 2 N–H and O–H groups in total. The van der Waals surface area contributed by atoms with Gasteiger partial charge in [0.15, 0.2) is 5.96 Å². The van der Waals surface area contributed by atoms with Gasteiger partial charge in [-0.15, -0.1) is 24.0 Å². The first kappa shape index (κ1) is 20.1. The molecule has 0 aromatic heterocycles. The van der Waals surface area contributed by atoms with Gasteiger partial charge in [0, 0.05) is 39.3 Å². The molecular formula is C18H29IN4O2. The average molecular weight is 460 g/mol. The van der Waals surface area contributed by atoms with Crippen LogP contribution in [-0.4, -0.2) is 58.5 Å². The molecule has 0 spiro atoms. The van der Waals surface area contributed by atoms with Gasteiger partial charge < -0.3 is 25.0 Å². The van der Waals surface area contributed by atoms with Crippen LogP contribution in [0.3, 0.4) is 0 Å². The number of ether oxygens (including phenoxy) is 2. The Kier molecular flexibility index (Phi) is 8.08. The lowest BCUT2D eigenvalue weighted by atomic mass is 10.2. The third kappa shape index (κ3) is 5.37. The number of nitrogens with zero attached hydrogens (tertiary/aromatic N) is 2. The van der Waals surface area contributed by atoms with E-state index in [4.69, 9.17) is 9.47 Å². The Hall–Kier alpha value is -1.22. The number of para-hydroxylation sites is 2. The second-order valence-electron chi connectivity index (χ2n) is 6.34. The molecule has 7 heteroatoms. The number of methoxy groups -OCH3 is 1. The summed E-state index contributed by atoms with van der Waals surface area (Å²) in [4.78, 5) is 6.70. The number of aliphatic imine (C=N–C) groups is 1. The van der Waals surface area contributed by atoms with Crippen LogP contribution in [0.4, 0.5) is 5.69 Å². The molecule has 0 radical (unpaired) electrons. The fourth-order valence-corrected chi connectivity index (χ4v) is 3.39. The Morgan fingerprint density at radius 3 is 2.92 bits per heavy atom. The lowest BCUT2D eigenvalue weighted by Crippen LogP contribution is -2.46. The fourth-order valence-electron chi connectivity index (χ4n) is 3.39. The maximum absolute atomic E-state index is 5.65. The van der Waals surface area contributed by atoms with Gasteiger partial charge in [0.2, 0.25) is 0 Å². The molecule has 2 unspecified atom stereocenters. The Balaban J connectivity index is 0.00000225. The fraction of sp³-hybridized carbons (Fsp3) is 0.611. The van der Waals surface area contributed by atoms with E-state index in [-0.39, 0.29) is 24.0 Å². The van der Waals surface area contributed by atoms with Crippen molar-refractivity contribution in [3.63, 3.8) is 0 Å². The van der Waals surface area contributed by atoms with Crippen LogP contribution in [0.1, 0.15) is 19.3 Å². The molecule has 2 saturated heterocycles. The van der Waals surface area contributed by atoms with Crippen molar-refractivity contribution in [2.24, 2.45) is 4.99 Å². The number of halogens is 1. The van der Waals surface area contributed by atoms with Gasteiger partial charge in [0.25, 0.3) is 0 Å². The van der Waals surface area contributed by atoms with Gasteiger partial charge in [-0.2, -0.15) is 0 Å². The van der Waals surface area contributed by atoms with E-state index in [9.17, 15) is 0 Å². The number of hydrogen-bond donors (Lipinski definition) is 2. The minimum atomic E-state index is 0. The minimum Gasteiger partial charge on any atom is -0.495 e. The largest absolute Gasteiger partial charge is 0.495 e. The Morgan fingerprint density at radius 2 is 2.20 bits per heavy atom. The normalized spacial score (nSPS) is 23.3. The summed E-state index contributed by atoms with van der Waals surface area (Å²) >= 11 is 0. The highest BCUT2D eigenvalue weighted by molar-refractivity contribution is 14.0. The maximum Gasteiger partial charge on any atom is 0.191 e. The van der Waals surface area contributed by atoms with Gasteiger partial charge in [-0.05, 0) is 31.4 Å². The molecule has 1 aromatic rings. The first-order chi connectivity index (χ1) is 11.8. The standard InChI is InChI=1S/C18H28N4O2.HI/c1-19-18(20-12-15-6-5-11-24-15)21-14-9-10-22(13-14)16-7-3-4-8-17(16)23-2;/h3-4,7-8,14-15H,5-6,9-13H2,1-2H3,(H2,19,20,21);1H. The monoisotopic (exact) mass is 460 g/mol. The van der Waals surface area contributed by atoms with Crippen molar-refractivity contribution in [3.8, 4) is 5.75 Å². The highest BCUT2D eigenvalue weighted by atomic mass is 127. The van der Waals surface area contributed by atoms with E-state index >= 15 is 0 Å². The van der Waals surface area contributed by atoms with E-state index in [2.05, 4.69) is 32.7 Å². The van der Waals surface area contributed by atoms with Crippen molar-refractivity contribution in [1.29, 1.82) is 0 Å². The molecule has 2 aliphatic heterocycles. The van der Waals surface area contributed by atoms with Crippen molar-refractivity contribution in [2.45, 2.75) is 31.4 Å². The van der Waals surface area contributed by atoms with Crippen LogP contribution in [0, 0.1) is 0 Å². The molecule has 140 valence electrons. The van der Waals surface area contributed by atoms with Gasteiger partial charge in [0.1, 0.15) is 5.75 Å². The van der Waals surface area contributed by atoms with Gasteiger partial charge >= 0.3 is 0 Å². The number of benzene rings is 1. The summed E-state index contributed by atoms with van der Waals surface area (Å²) in [5.41, 5.74) is 1.16. The molecule has 6 nitrogen and oxygen atoms in total. The molecule has 2 atom stereocenters. The average Bonchev–Trinajstić information content (AvgIpc) is 3.30. The molecule has 0 aliphatic carbocycles. The van der Waals surface area contributed by atoms with E-state index in [1.165, 1.54) is 0 Å². The van der Waals surface area contributed by atoms with Crippen LogP contribution < -0.4 is 20.3 Å². The van der Waals surface area contributed by atoms with E-state index in [0.29, 0.717) is 12.1 Å². The van der Waals surface area contributed by atoms with Crippen LogP contribution in [0.15, 0.2) is 29.3 Å². The molecule has 0 amide bonds. The highest BCUT2D eigenvalue weighted by Gasteiger charge is 2.25. The molecule has 0 saturated carbocycles. The van der Waals surface area contributed by atoms with Gasteiger partial charge in [0.05, 0.1) is 18.9 Å². The Bertz CT molecular complexity index is 564. The first-order valence-electron chi connectivity index (χ1n) is 8.77. The molecular weight excluding hydrogens is 431 g/mol. The Labute approximate surface area is 167 Å².